The van der Waals surface area contributed by atoms with Gasteiger partial charge in [0, 0.05) is 18.0 Å². The van der Waals surface area contributed by atoms with Gasteiger partial charge < -0.3 is 15.0 Å². The molecule has 0 unspecified atom stereocenters. The molecule has 1 N–H and O–H groups in total. The van der Waals surface area contributed by atoms with Crippen molar-refractivity contribution < 1.29 is 9.53 Å². The maximum atomic E-state index is 12.9. The van der Waals surface area contributed by atoms with Gasteiger partial charge in [-0.05, 0) is 47.4 Å². The Hall–Kier alpha value is -2.92. The summed E-state index contributed by atoms with van der Waals surface area (Å²) in [5.74, 6) is 1.76. The minimum atomic E-state index is -0.0531. The molecular formula is C25H26N2O2S. The molecule has 4 rings (SSSR count). The second kappa shape index (κ2) is 9.72. The van der Waals surface area contributed by atoms with Crippen LogP contribution in [0, 0.1) is 0 Å². The predicted octanol–water partition coefficient (Wildman–Crippen LogP) is 6.11. The molecule has 1 heterocycles. The van der Waals surface area contributed by atoms with Gasteiger partial charge in [0.2, 0.25) is 0 Å². The average Bonchev–Trinajstić information content (AvgIpc) is 3.29. The van der Waals surface area contributed by atoms with Crippen molar-refractivity contribution in [2.75, 3.05) is 17.6 Å². The van der Waals surface area contributed by atoms with Crippen molar-refractivity contribution in [3.05, 3.63) is 95.6 Å². The fraction of sp³-hybridized carbons (Fsp3) is 0.240. The Balaban J connectivity index is 1.39. The number of nitrogens with zero attached hydrogens (tertiary/aromatic N) is 1. The maximum Gasteiger partial charge on any atom is 0.323 e. The minimum Gasteiger partial charge on any atom is -0.489 e. The van der Waals surface area contributed by atoms with E-state index in [1.54, 1.807) is 11.8 Å². The van der Waals surface area contributed by atoms with Gasteiger partial charge in [0.15, 0.2) is 0 Å². The molecule has 3 aromatic rings. The molecule has 0 aromatic heterocycles. The molecule has 0 bridgehead atoms. The van der Waals surface area contributed by atoms with E-state index in [2.05, 4.69) is 42.6 Å². The van der Waals surface area contributed by atoms with Crippen LogP contribution in [0.3, 0.4) is 0 Å². The monoisotopic (exact) mass is 418 g/mol. The molecule has 3 aromatic carbocycles. The number of urea groups is 1. The van der Waals surface area contributed by atoms with E-state index in [9.17, 15) is 4.79 Å². The Morgan fingerprint density at radius 2 is 1.80 bits per heavy atom. The van der Waals surface area contributed by atoms with E-state index in [0.717, 1.165) is 41.3 Å². The lowest BCUT2D eigenvalue weighted by Crippen LogP contribution is -2.34. The summed E-state index contributed by atoms with van der Waals surface area (Å²) in [6.07, 6.45) is 0.949. The molecule has 4 nitrogen and oxygen atoms in total. The summed E-state index contributed by atoms with van der Waals surface area (Å²) in [6.45, 7) is 3.39. The van der Waals surface area contributed by atoms with Gasteiger partial charge in [-0.3, -0.25) is 0 Å². The minimum absolute atomic E-state index is 0.0162. The first-order valence-corrected chi connectivity index (χ1v) is 11.3. The van der Waals surface area contributed by atoms with Crippen molar-refractivity contribution in [3.8, 4) is 5.75 Å². The van der Waals surface area contributed by atoms with E-state index < -0.39 is 0 Å². The lowest BCUT2D eigenvalue weighted by molar-refractivity contribution is 0.214. The summed E-state index contributed by atoms with van der Waals surface area (Å²) in [4.78, 5) is 14.8. The van der Waals surface area contributed by atoms with Gasteiger partial charge in [-0.15, -0.1) is 11.8 Å². The van der Waals surface area contributed by atoms with Crippen molar-refractivity contribution in [1.82, 2.24) is 4.90 Å². The summed E-state index contributed by atoms with van der Waals surface area (Å²) < 4.78 is 5.89. The zero-order valence-corrected chi connectivity index (χ0v) is 17.9. The third kappa shape index (κ3) is 4.97. The number of anilines is 1. The van der Waals surface area contributed by atoms with Crippen LogP contribution in [-0.4, -0.2) is 23.2 Å². The number of nitrogens with one attached hydrogen (secondary N) is 1. The summed E-state index contributed by atoms with van der Waals surface area (Å²) in [7, 11) is 0. The topological polar surface area (TPSA) is 41.6 Å². The maximum absolute atomic E-state index is 12.9. The highest BCUT2D eigenvalue weighted by molar-refractivity contribution is 7.99. The molecule has 154 valence electrons. The summed E-state index contributed by atoms with van der Waals surface area (Å²) in [6, 6.07) is 26.2. The first-order valence-electron chi connectivity index (χ1n) is 10.3. The van der Waals surface area contributed by atoms with Crippen LogP contribution in [0.25, 0.3) is 0 Å². The highest BCUT2D eigenvalue weighted by Crippen LogP contribution is 2.38. The Morgan fingerprint density at radius 1 is 1.03 bits per heavy atom. The second-order valence-electron chi connectivity index (χ2n) is 7.24. The Labute approximate surface area is 182 Å². The van der Waals surface area contributed by atoms with Crippen molar-refractivity contribution >= 4 is 23.5 Å². The Bertz CT molecular complexity index is 976. The SMILES string of the molecule is CCc1cccc(NC(=O)N2CCS[C@H]2c2ccc(OCc3ccccc3)cc2)c1. The number of benzene rings is 3. The fourth-order valence-electron chi connectivity index (χ4n) is 3.49. The molecule has 1 fully saturated rings. The molecular weight excluding hydrogens is 392 g/mol. The number of thioether (sulfide) groups is 1. The third-order valence-corrected chi connectivity index (χ3v) is 6.41. The van der Waals surface area contributed by atoms with Crippen molar-refractivity contribution in [2.24, 2.45) is 0 Å². The Kier molecular flexibility index (Phi) is 6.60. The summed E-state index contributed by atoms with van der Waals surface area (Å²) in [5, 5.41) is 3.07. The molecule has 1 saturated heterocycles. The summed E-state index contributed by atoms with van der Waals surface area (Å²) in [5.41, 5.74) is 4.32. The second-order valence-corrected chi connectivity index (χ2v) is 8.43. The Morgan fingerprint density at radius 3 is 2.57 bits per heavy atom. The molecule has 1 aliphatic heterocycles. The van der Waals surface area contributed by atoms with Crippen LogP contribution in [-0.2, 0) is 13.0 Å². The van der Waals surface area contributed by atoms with Crippen LogP contribution in [0.5, 0.6) is 5.75 Å². The van der Waals surface area contributed by atoms with Crippen LogP contribution in [0.2, 0.25) is 0 Å². The molecule has 1 atom stereocenters. The van der Waals surface area contributed by atoms with Gasteiger partial charge in [-0.2, -0.15) is 0 Å². The van der Waals surface area contributed by atoms with E-state index in [1.165, 1.54) is 5.56 Å². The number of hydrogen-bond acceptors (Lipinski definition) is 3. The van der Waals surface area contributed by atoms with Gasteiger partial charge in [-0.25, -0.2) is 4.79 Å². The number of rotatable bonds is 6. The highest BCUT2D eigenvalue weighted by Gasteiger charge is 2.30. The van der Waals surface area contributed by atoms with Crippen molar-refractivity contribution in [1.29, 1.82) is 0 Å². The largest absolute Gasteiger partial charge is 0.489 e. The molecule has 0 saturated carbocycles. The lowest BCUT2D eigenvalue weighted by atomic mass is 10.1. The molecule has 0 spiro atoms. The number of carbonyl (C=O) groups is 1. The zero-order valence-electron chi connectivity index (χ0n) is 17.1. The van der Waals surface area contributed by atoms with Crippen LogP contribution in [0.15, 0.2) is 78.9 Å². The van der Waals surface area contributed by atoms with Gasteiger partial charge in [0.05, 0.1) is 0 Å². The standard InChI is InChI=1S/C25H26N2O2S/c1-2-19-9-6-10-22(17-19)26-25(28)27-15-16-30-24(27)21-11-13-23(14-12-21)29-18-20-7-4-3-5-8-20/h3-14,17,24H,2,15-16,18H2,1H3,(H,26,28)/t24-/m0/s1. The van der Waals surface area contributed by atoms with Crippen LogP contribution < -0.4 is 10.1 Å². The number of carbonyl (C=O) groups excluding carboxylic acids is 1. The van der Waals surface area contributed by atoms with Gasteiger partial charge >= 0.3 is 6.03 Å². The lowest BCUT2D eigenvalue weighted by Gasteiger charge is -2.24. The number of aryl methyl sites for hydroxylation is 1. The van der Waals surface area contributed by atoms with E-state index >= 15 is 0 Å². The molecule has 1 aliphatic rings. The quantitative estimate of drug-likeness (QED) is 0.525. The number of ether oxygens (including phenoxy) is 1. The van der Waals surface area contributed by atoms with Crippen LogP contribution >= 0.6 is 11.8 Å². The van der Waals surface area contributed by atoms with E-state index in [0.29, 0.717) is 6.61 Å². The molecule has 0 aliphatic carbocycles. The third-order valence-electron chi connectivity index (χ3n) is 5.15. The van der Waals surface area contributed by atoms with Crippen LogP contribution in [0.4, 0.5) is 10.5 Å². The molecule has 0 radical (unpaired) electrons. The molecule has 2 amide bonds. The zero-order chi connectivity index (χ0) is 20.8. The predicted molar refractivity (Wildman–Crippen MR) is 124 cm³/mol. The fourth-order valence-corrected chi connectivity index (χ4v) is 4.74. The number of amides is 2. The van der Waals surface area contributed by atoms with E-state index in [1.807, 2.05) is 53.4 Å². The van der Waals surface area contributed by atoms with Crippen molar-refractivity contribution in [3.63, 3.8) is 0 Å². The van der Waals surface area contributed by atoms with Gasteiger partial charge in [0.25, 0.3) is 0 Å². The average molecular weight is 419 g/mol. The molecule has 30 heavy (non-hydrogen) atoms. The number of hydrogen-bond donors (Lipinski definition) is 1. The first-order chi connectivity index (χ1) is 14.7. The van der Waals surface area contributed by atoms with Crippen LogP contribution in [0.1, 0.15) is 29.0 Å². The normalized spacial score (nSPS) is 15.8. The van der Waals surface area contributed by atoms with Gasteiger partial charge in [0.1, 0.15) is 17.7 Å². The van der Waals surface area contributed by atoms with E-state index in [-0.39, 0.29) is 11.4 Å². The summed E-state index contributed by atoms with van der Waals surface area (Å²) >= 11 is 1.79. The van der Waals surface area contributed by atoms with Gasteiger partial charge in [-0.1, -0.05) is 61.5 Å². The first kappa shape index (κ1) is 20.4. The van der Waals surface area contributed by atoms with E-state index in [4.69, 9.17) is 4.74 Å². The smallest absolute Gasteiger partial charge is 0.323 e. The molecule has 5 heteroatoms. The van der Waals surface area contributed by atoms with Crippen molar-refractivity contribution in [2.45, 2.75) is 25.3 Å². The highest BCUT2D eigenvalue weighted by atomic mass is 32.2.